The van der Waals surface area contributed by atoms with Crippen LogP contribution in [-0.2, 0) is 4.79 Å². The molecule has 6 heteroatoms. The van der Waals surface area contributed by atoms with Crippen LogP contribution in [0.15, 0.2) is 18.2 Å². The molecule has 112 valence electrons. The number of carbonyl (C=O) groups excluding carboxylic acids is 1. The van der Waals surface area contributed by atoms with Gasteiger partial charge < -0.3 is 15.7 Å². The van der Waals surface area contributed by atoms with Crippen LogP contribution < -0.4 is 10.6 Å². The van der Waals surface area contributed by atoms with E-state index in [4.69, 9.17) is 10.4 Å². The summed E-state index contributed by atoms with van der Waals surface area (Å²) in [5.41, 5.74) is 1.70. The average molecular weight is 289 g/mol. The molecule has 0 spiro atoms. The average Bonchev–Trinajstić information content (AvgIpc) is 2.39. The summed E-state index contributed by atoms with van der Waals surface area (Å²) in [5.74, 6) is -0.920. The molecule has 1 aromatic rings. The van der Waals surface area contributed by atoms with Crippen molar-refractivity contribution in [2.45, 2.75) is 33.2 Å². The van der Waals surface area contributed by atoms with E-state index >= 15 is 0 Å². The number of urea groups is 1. The van der Waals surface area contributed by atoms with E-state index in [9.17, 15) is 9.59 Å². The van der Waals surface area contributed by atoms with E-state index in [2.05, 4.69) is 10.6 Å². The molecule has 0 unspecified atom stereocenters. The molecule has 0 fully saturated rings. The molecule has 0 heterocycles. The number of nitriles is 1. The molecule has 0 bridgehead atoms. The maximum Gasteiger partial charge on any atom is 0.326 e. The lowest BCUT2D eigenvalue weighted by molar-refractivity contribution is -0.139. The molecule has 0 aliphatic rings. The fourth-order valence-electron chi connectivity index (χ4n) is 1.84. The lowest BCUT2D eigenvalue weighted by Crippen LogP contribution is -2.43. The lowest BCUT2D eigenvalue weighted by Gasteiger charge is -2.17. The van der Waals surface area contributed by atoms with Gasteiger partial charge in [-0.05, 0) is 37.0 Å². The molecule has 1 aromatic carbocycles. The van der Waals surface area contributed by atoms with Gasteiger partial charge in [0.05, 0.1) is 11.6 Å². The smallest absolute Gasteiger partial charge is 0.326 e. The lowest BCUT2D eigenvalue weighted by atomic mass is 10.0. The molecule has 0 saturated carbocycles. The van der Waals surface area contributed by atoms with Gasteiger partial charge in [0.1, 0.15) is 6.04 Å². The van der Waals surface area contributed by atoms with E-state index in [0.717, 1.165) is 5.56 Å². The van der Waals surface area contributed by atoms with E-state index in [1.807, 2.05) is 19.9 Å². The normalized spacial score (nSPS) is 11.6. The third-order valence-corrected chi connectivity index (χ3v) is 2.93. The zero-order valence-corrected chi connectivity index (χ0v) is 12.3. The van der Waals surface area contributed by atoms with E-state index in [0.29, 0.717) is 17.7 Å². The number of benzene rings is 1. The number of hydrogen-bond acceptors (Lipinski definition) is 3. The summed E-state index contributed by atoms with van der Waals surface area (Å²) in [7, 11) is 0. The second-order valence-corrected chi connectivity index (χ2v) is 5.26. The van der Waals surface area contributed by atoms with Crippen molar-refractivity contribution >= 4 is 17.7 Å². The molecule has 1 atom stereocenters. The summed E-state index contributed by atoms with van der Waals surface area (Å²) in [5, 5.41) is 22.9. The Morgan fingerprint density at radius 2 is 2.05 bits per heavy atom. The molecule has 0 saturated heterocycles. The van der Waals surface area contributed by atoms with Gasteiger partial charge >= 0.3 is 12.0 Å². The van der Waals surface area contributed by atoms with Gasteiger partial charge in [0.25, 0.3) is 0 Å². The summed E-state index contributed by atoms with van der Waals surface area (Å²) in [6.07, 6.45) is 0.347. The van der Waals surface area contributed by atoms with Crippen molar-refractivity contribution in [1.82, 2.24) is 5.32 Å². The minimum absolute atomic E-state index is 0.148. The van der Waals surface area contributed by atoms with Crippen LogP contribution in [0.1, 0.15) is 31.4 Å². The van der Waals surface area contributed by atoms with Crippen molar-refractivity contribution in [3.63, 3.8) is 0 Å². The van der Waals surface area contributed by atoms with E-state index < -0.39 is 18.0 Å². The van der Waals surface area contributed by atoms with Gasteiger partial charge in [-0.25, -0.2) is 9.59 Å². The van der Waals surface area contributed by atoms with E-state index in [-0.39, 0.29) is 5.92 Å². The highest BCUT2D eigenvalue weighted by atomic mass is 16.4. The first-order valence-corrected chi connectivity index (χ1v) is 6.64. The molecule has 1 rings (SSSR count). The van der Waals surface area contributed by atoms with Crippen LogP contribution >= 0.6 is 0 Å². The quantitative estimate of drug-likeness (QED) is 0.774. The molecule has 0 aliphatic heterocycles. The van der Waals surface area contributed by atoms with Crippen molar-refractivity contribution < 1.29 is 14.7 Å². The standard InChI is InChI=1S/C15H19N3O3/c1-9(2)6-13(14(19)20)18-15(21)17-12-7-11(8-16)5-4-10(12)3/h4-5,7,9,13H,6H2,1-3H3,(H,19,20)(H2,17,18,21)/t13-/m1/s1. The number of aliphatic carboxylic acids is 1. The van der Waals surface area contributed by atoms with Gasteiger partial charge in [0.15, 0.2) is 0 Å². The molecule has 3 N–H and O–H groups in total. The fourth-order valence-corrected chi connectivity index (χ4v) is 1.84. The fraction of sp³-hybridized carbons (Fsp3) is 0.400. The topological polar surface area (TPSA) is 102 Å². The Labute approximate surface area is 123 Å². The first-order valence-electron chi connectivity index (χ1n) is 6.64. The number of nitrogens with one attached hydrogen (secondary N) is 2. The molecule has 0 aromatic heterocycles. The summed E-state index contributed by atoms with van der Waals surface area (Å²) in [6.45, 7) is 5.56. The summed E-state index contributed by atoms with van der Waals surface area (Å²) < 4.78 is 0. The van der Waals surface area contributed by atoms with Gasteiger partial charge in [-0.2, -0.15) is 5.26 Å². The van der Waals surface area contributed by atoms with Crippen molar-refractivity contribution in [3.05, 3.63) is 29.3 Å². The Morgan fingerprint density at radius 3 is 2.57 bits per heavy atom. The Bertz CT molecular complexity index is 576. The zero-order valence-electron chi connectivity index (χ0n) is 12.3. The first-order chi connectivity index (χ1) is 9.83. The Hall–Kier alpha value is -2.55. The van der Waals surface area contributed by atoms with Gasteiger partial charge in [0, 0.05) is 5.69 Å². The van der Waals surface area contributed by atoms with Gasteiger partial charge in [-0.1, -0.05) is 19.9 Å². The van der Waals surface area contributed by atoms with Crippen LogP contribution in [0.2, 0.25) is 0 Å². The number of rotatable bonds is 5. The number of carbonyl (C=O) groups is 2. The van der Waals surface area contributed by atoms with Crippen molar-refractivity contribution in [2.75, 3.05) is 5.32 Å². The third kappa shape index (κ3) is 5.15. The van der Waals surface area contributed by atoms with Crippen LogP contribution in [0.5, 0.6) is 0 Å². The van der Waals surface area contributed by atoms with Crippen LogP contribution in [0, 0.1) is 24.2 Å². The number of aryl methyl sites for hydroxylation is 1. The Balaban J connectivity index is 2.77. The Morgan fingerprint density at radius 1 is 1.38 bits per heavy atom. The second kappa shape index (κ2) is 7.29. The van der Waals surface area contributed by atoms with Crippen molar-refractivity contribution in [3.8, 4) is 6.07 Å². The predicted molar refractivity (Wildman–Crippen MR) is 78.9 cm³/mol. The number of nitrogens with zero attached hydrogens (tertiary/aromatic N) is 1. The highest BCUT2D eigenvalue weighted by Crippen LogP contribution is 2.16. The first kappa shape index (κ1) is 16.5. The van der Waals surface area contributed by atoms with E-state index in [1.165, 1.54) is 0 Å². The maximum atomic E-state index is 11.9. The summed E-state index contributed by atoms with van der Waals surface area (Å²) in [4.78, 5) is 23.0. The minimum atomic E-state index is -1.07. The highest BCUT2D eigenvalue weighted by Gasteiger charge is 2.21. The van der Waals surface area contributed by atoms with Gasteiger partial charge in [-0.15, -0.1) is 0 Å². The largest absolute Gasteiger partial charge is 0.480 e. The van der Waals surface area contributed by atoms with Crippen molar-refractivity contribution in [1.29, 1.82) is 5.26 Å². The Kier molecular flexibility index (Phi) is 5.73. The van der Waals surface area contributed by atoms with Crippen LogP contribution in [0.25, 0.3) is 0 Å². The predicted octanol–water partition coefficient (Wildman–Crippen LogP) is 2.49. The monoisotopic (exact) mass is 289 g/mol. The molecule has 0 radical (unpaired) electrons. The maximum absolute atomic E-state index is 11.9. The number of anilines is 1. The highest BCUT2D eigenvalue weighted by molar-refractivity contribution is 5.93. The molecule has 0 aliphatic carbocycles. The van der Waals surface area contributed by atoms with E-state index in [1.54, 1.807) is 25.1 Å². The van der Waals surface area contributed by atoms with Crippen LogP contribution in [-0.4, -0.2) is 23.1 Å². The van der Waals surface area contributed by atoms with Crippen molar-refractivity contribution in [2.24, 2.45) is 5.92 Å². The van der Waals surface area contributed by atoms with Gasteiger partial charge in [-0.3, -0.25) is 0 Å². The molecular formula is C15H19N3O3. The number of hydrogen-bond donors (Lipinski definition) is 3. The molecular weight excluding hydrogens is 270 g/mol. The van der Waals surface area contributed by atoms with Crippen LogP contribution in [0.4, 0.5) is 10.5 Å². The molecule has 21 heavy (non-hydrogen) atoms. The summed E-state index contributed by atoms with van der Waals surface area (Å²) in [6, 6.07) is 5.37. The number of amides is 2. The molecule has 2 amide bonds. The zero-order chi connectivity index (χ0) is 16.0. The van der Waals surface area contributed by atoms with Crippen LogP contribution in [0.3, 0.4) is 0 Å². The minimum Gasteiger partial charge on any atom is -0.480 e. The number of carboxylic acids is 1. The van der Waals surface area contributed by atoms with Gasteiger partial charge in [0.2, 0.25) is 0 Å². The summed E-state index contributed by atoms with van der Waals surface area (Å²) >= 11 is 0. The second-order valence-electron chi connectivity index (χ2n) is 5.26. The number of carboxylic acid groups (broad SMARTS) is 1. The third-order valence-electron chi connectivity index (χ3n) is 2.93. The molecule has 6 nitrogen and oxygen atoms in total. The SMILES string of the molecule is Cc1ccc(C#N)cc1NC(=O)N[C@H](CC(C)C)C(=O)O.